The van der Waals surface area contributed by atoms with Crippen LogP contribution in [0.5, 0.6) is 0 Å². The highest BCUT2D eigenvalue weighted by Crippen LogP contribution is 2.18. The predicted octanol–water partition coefficient (Wildman–Crippen LogP) is 4.78. The van der Waals surface area contributed by atoms with Crippen molar-refractivity contribution in [1.29, 1.82) is 0 Å². The summed E-state index contributed by atoms with van der Waals surface area (Å²) in [6.07, 6.45) is 15.5. The lowest BCUT2D eigenvalue weighted by atomic mass is 10.0. The van der Waals surface area contributed by atoms with E-state index in [-0.39, 0.29) is 12.1 Å². The van der Waals surface area contributed by atoms with Gasteiger partial charge in [-0.3, -0.25) is 4.79 Å². The molecule has 0 saturated carbocycles. The molecule has 0 radical (unpaired) electrons. The lowest BCUT2D eigenvalue weighted by Gasteiger charge is -2.18. The van der Waals surface area contributed by atoms with E-state index in [4.69, 9.17) is 4.74 Å². The zero-order valence-corrected chi connectivity index (χ0v) is 11.7. The summed E-state index contributed by atoms with van der Waals surface area (Å²) in [6, 6.07) is 0. The fraction of sp³-hybridized carbons (Fsp3) is 0.812. The second-order valence-electron chi connectivity index (χ2n) is 5.34. The van der Waals surface area contributed by atoms with E-state index in [1.54, 1.807) is 0 Å². The molecule has 0 aromatic heterocycles. The van der Waals surface area contributed by atoms with Gasteiger partial charge in [0, 0.05) is 6.42 Å². The second-order valence-corrected chi connectivity index (χ2v) is 5.34. The van der Waals surface area contributed by atoms with Gasteiger partial charge in [-0.05, 0) is 38.5 Å². The average molecular weight is 252 g/mol. The maximum Gasteiger partial charge on any atom is 0.306 e. The van der Waals surface area contributed by atoms with Crippen molar-refractivity contribution in [2.24, 2.45) is 0 Å². The summed E-state index contributed by atoms with van der Waals surface area (Å²) in [5.41, 5.74) is 0. The van der Waals surface area contributed by atoms with E-state index in [1.807, 2.05) is 6.08 Å². The Morgan fingerprint density at radius 2 is 1.78 bits per heavy atom. The molecule has 0 bridgehead atoms. The van der Waals surface area contributed by atoms with Crippen LogP contribution in [0.1, 0.15) is 77.0 Å². The molecule has 2 heteroatoms. The number of unbranched alkanes of at least 4 members (excludes halogenated alkanes) is 1. The molecule has 104 valence electrons. The predicted molar refractivity (Wildman–Crippen MR) is 75.5 cm³/mol. The fourth-order valence-corrected chi connectivity index (χ4v) is 2.52. The molecular formula is C16H28O2. The molecule has 1 unspecified atom stereocenters. The number of ether oxygens (including phenoxy) is 1. The lowest BCUT2D eigenvalue weighted by Crippen LogP contribution is -2.18. The average Bonchev–Trinajstić information content (AvgIpc) is 2.34. The van der Waals surface area contributed by atoms with Gasteiger partial charge in [0.2, 0.25) is 0 Å². The highest BCUT2D eigenvalue weighted by Gasteiger charge is 2.14. The van der Waals surface area contributed by atoms with Gasteiger partial charge in [-0.25, -0.2) is 0 Å². The van der Waals surface area contributed by atoms with Crippen molar-refractivity contribution in [2.75, 3.05) is 0 Å². The van der Waals surface area contributed by atoms with Crippen LogP contribution in [-0.4, -0.2) is 12.1 Å². The van der Waals surface area contributed by atoms with Crippen molar-refractivity contribution >= 4 is 5.97 Å². The first kappa shape index (κ1) is 15.3. The molecule has 1 rings (SSSR count). The molecule has 2 nitrogen and oxygen atoms in total. The summed E-state index contributed by atoms with van der Waals surface area (Å²) < 4.78 is 5.60. The van der Waals surface area contributed by atoms with Crippen LogP contribution >= 0.6 is 0 Å². The molecule has 0 aromatic rings. The molecule has 0 amide bonds. The molecule has 1 heterocycles. The van der Waals surface area contributed by atoms with E-state index in [2.05, 4.69) is 6.58 Å². The molecule has 18 heavy (non-hydrogen) atoms. The molecule has 1 aliphatic rings. The van der Waals surface area contributed by atoms with Crippen LogP contribution in [0, 0.1) is 0 Å². The minimum absolute atomic E-state index is 0.0131. The van der Waals surface area contributed by atoms with Crippen LogP contribution in [0.2, 0.25) is 0 Å². The third kappa shape index (κ3) is 7.52. The van der Waals surface area contributed by atoms with Crippen molar-refractivity contribution in [3.05, 3.63) is 12.7 Å². The van der Waals surface area contributed by atoms with Crippen LogP contribution in [-0.2, 0) is 9.53 Å². The molecule has 1 atom stereocenters. The Labute approximate surface area is 112 Å². The van der Waals surface area contributed by atoms with E-state index >= 15 is 0 Å². The van der Waals surface area contributed by atoms with Crippen LogP contribution in [0.3, 0.4) is 0 Å². The monoisotopic (exact) mass is 252 g/mol. The van der Waals surface area contributed by atoms with Crippen molar-refractivity contribution in [2.45, 2.75) is 83.2 Å². The standard InChI is InChI=1S/C16H28O2/c1-2-3-9-12-15-13-10-7-5-4-6-8-11-14-16(17)18-15/h2,15H,1,3-14H2. The van der Waals surface area contributed by atoms with E-state index in [9.17, 15) is 4.79 Å². The maximum absolute atomic E-state index is 11.7. The number of carbonyl (C=O) groups excluding carboxylic acids is 1. The van der Waals surface area contributed by atoms with Gasteiger partial charge in [0.05, 0.1) is 0 Å². The van der Waals surface area contributed by atoms with Crippen LogP contribution < -0.4 is 0 Å². The number of hydrogen-bond acceptors (Lipinski definition) is 2. The van der Waals surface area contributed by atoms with Crippen molar-refractivity contribution in [3.8, 4) is 0 Å². The van der Waals surface area contributed by atoms with E-state index in [1.165, 1.54) is 38.5 Å². The van der Waals surface area contributed by atoms with E-state index in [0.29, 0.717) is 6.42 Å². The summed E-state index contributed by atoms with van der Waals surface area (Å²) in [4.78, 5) is 11.7. The van der Waals surface area contributed by atoms with Crippen molar-refractivity contribution in [1.82, 2.24) is 0 Å². The largest absolute Gasteiger partial charge is 0.462 e. The molecule has 0 aromatic carbocycles. The van der Waals surface area contributed by atoms with Gasteiger partial charge < -0.3 is 4.74 Å². The van der Waals surface area contributed by atoms with Crippen LogP contribution in [0.4, 0.5) is 0 Å². The Morgan fingerprint density at radius 1 is 1.11 bits per heavy atom. The minimum atomic E-state index is 0.0131. The third-order valence-electron chi connectivity index (χ3n) is 3.64. The fourth-order valence-electron chi connectivity index (χ4n) is 2.52. The highest BCUT2D eigenvalue weighted by molar-refractivity contribution is 5.69. The van der Waals surface area contributed by atoms with Crippen molar-refractivity contribution in [3.63, 3.8) is 0 Å². The van der Waals surface area contributed by atoms with Crippen molar-refractivity contribution < 1.29 is 9.53 Å². The Balaban J connectivity index is 2.34. The number of allylic oxidation sites excluding steroid dienone is 1. The van der Waals surface area contributed by atoms with E-state index < -0.39 is 0 Å². The number of esters is 1. The number of hydrogen-bond donors (Lipinski definition) is 0. The van der Waals surface area contributed by atoms with Crippen LogP contribution in [0.25, 0.3) is 0 Å². The lowest BCUT2D eigenvalue weighted by molar-refractivity contribution is -0.150. The van der Waals surface area contributed by atoms with Gasteiger partial charge in [0.25, 0.3) is 0 Å². The molecule has 1 fully saturated rings. The Bertz CT molecular complexity index is 235. The van der Waals surface area contributed by atoms with Gasteiger partial charge in [0.15, 0.2) is 0 Å². The Morgan fingerprint density at radius 3 is 2.50 bits per heavy atom. The normalized spacial score (nSPS) is 23.6. The first-order chi connectivity index (χ1) is 8.83. The molecule has 1 saturated heterocycles. The quantitative estimate of drug-likeness (QED) is 0.409. The molecule has 0 aliphatic carbocycles. The summed E-state index contributed by atoms with van der Waals surface area (Å²) in [6.45, 7) is 3.73. The minimum Gasteiger partial charge on any atom is -0.462 e. The second kappa shape index (κ2) is 10.2. The topological polar surface area (TPSA) is 26.3 Å². The summed E-state index contributed by atoms with van der Waals surface area (Å²) in [7, 11) is 0. The molecular weight excluding hydrogens is 224 g/mol. The first-order valence-electron chi connectivity index (χ1n) is 7.63. The zero-order chi connectivity index (χ0) is 13.1. The van der Waals surface area contributed by atoms with E-state index in [0.717, 1.165) is 32.1 Å². The summed E-state index contributed by atoms with van der Waals surface area (Å²) in [5, 5.41) is 0. The first-order valence-corrected chi connectivity index (χ1v) is 7.63. The molecule has 0 N–H and O–H groups in total. The van der Waals surface area contributed by atoms with Crippen LogP contribution in [0.15, 0.2) is 12.7 Å². The summed E-state index contributed by atoms with van der Waals surface area (Å²) >= 11 is 0. The number of carbonyl (C=O) groups is 1. The van der Waals surface area contributed by atoms with Gasteiger partial charge >= 0.3 is 5.97 Å². The smallest absolute Gasteiger partial charge is 0.306 e. The number of cyclic esters (lactones) is 1. The van der Waals surface area contributed by atoms with Gasteiger partial charge in [-0.2, -0.15) is 0 Å². The van der Waals surface area contributed by atoms with Gasteiger partial charge in [-0.15, -0.1) is 6.58 Å². The highest BCUT2D eigenvalue weighted by atomic mass is 16.5. The van der Waals surface area contributed by atoms with Gasteiger partial charge in [-0.1, -0.05) is 38.2 Å². The zero-order valence-electron chi connectivity index (χ0n) is 11.7. The number of rotatable bonds is 4. The maximum atomic E-state index is 11.7. The Kier molecular flexibility index (Phi) is 8.62. The molecule has 0 spiro atoms. The summed E-state index contributed by atoms with van der Waals surface area (Å²) in [5.74, 6) is 0.0131. The Hall–Kier alpha value is -0.790. The third-order valence-corrected chi connectivity index (χ3v) is 3.64. The SMILES string of the molecule is C=CCCCC1CCCCCCCCCC(=O)O1. The molecule has 1 aliphatic heterocycles. The van der Waals surface area contributed by atoms with Gasteiger partial charge in [0.1, 0.15) is 6.10 Å².